The number of aliphatic hydroxyl groups is 1. The first-order valence-electron chi connectivity index (χ1n) is 11.0. The highest BCUT2D eigenvalue weighted by Gasteiger charge is 2.38. The lowest BCUT2D eigenvalue weighted by Gasteiger charge is -2.27. The van der Waals surface area contributed by atoms with Gasteiger partial charge >= 0.3 is 6.18 Å². The van der Waals surface area contributed by atoms with E-state index in [9.17, 15) is 18.3 Å². The monoisotopic (exact) mass is 464 g/mol. The molecular weight excluding hydrogens is 441 g/mol. The van der Waals surface area contributed by atoms with Crippen molar-refractivity contribution in [2.45, 2.75) is 63.3 Å². The number of rotatable bonds is 5. The van der Waals surface area contributed by atoms with Gasteiger partial charge in [0.1, 0.15) is 11.4 Å². The van der Waals surface area contributed by atoms with E-state index >= 15 is 0 Å². The van der Waals surface area contributed by atoms with Gasteiger partial charge in [-0.3, -0.25) is 4.40 Å². The lowest BCUT2D eigenvalue weighted by Crippen LogP contribution is -2.28. The van der Waals surface area contributed by atoms with Gasteiger partial charge in [-0.25, -0.2) is 0 Å². The largest absolute Gasteiger partial charge is 0.420 e. The van der Waals surface area contributed by atoms with Crippen LogP contribution in [0.3, 0.4) is 0 Å². The van der Waals surface area contributed by atoms with E-state index in [2.05, 4.69) is 15.5 Å². The number of aliphatic hydroxyl groups excluding tert-OH is 1. The van der Waals surface area contributed by atoms with Gasteiger partial charge in [-0.2, -0.15) is 13.2 Å². The smallest absolute Gasteiger partial charge is 0.393 e. The van der Waals surface area contributed by atoms with E-state index in [1.54, 1.807) is 24.4 Å². The van der Waals surface area contributed by atoms with Crippen molar-refractivity contribution in [3.05, 3.63) is 46.9 Å². The average Bonchev–Trinajstić information content (AvgIpc) is 3.48. The number of alkyl halides is 3. The Hall–Kier alpha value is -2.32. The van der Waals surface area contributed by atoms with Crippen LogP contribution in [0.25, 0.3) is 16.8 Å². The Kier molecular flexibility index (Phi) is 5.53. The van der Waals surface area contributed by atoms with Gasteiger partial charge in [0.15, 0.2) is 5.65 Å². The van der Waals surface area contributed by atoms with Gasteiger partial charge in [-0.05, 0) is 73.8 Å². The van der Waals surface area contributed by atoms with E-state index in [4.69, 9.17) is 11.6 Å². The Labute approximate surface area is 188 Å². The minimum absolute atomic E-state index is 0.0320. The normalized spacial score (nSPS) is 21.8. The summed E-state index contributed by atoms with van der Waals surface area (Å²) < 4.78 is 43.8. The Bertz CT molecular complexity index is 1130. The van der Waals surface area contributed by atoms with Crippen molar-refractivity contribution in [2.75, 3.05) is 5.32 Å². The SMILES string of the molecule is O[C@H]1CC[C@H](Nc2ccc(-c3ccn4c(CC5CC5)nnc4c3C(F)(F)F)cc2Cl)CC1. The molecule has 0 atom stereocenters. The third-order valence-electron chi connectivity index (χ3n) is 6.44. The van der Waals surface area contributed by atoms with Crippen molar-refractivity contribution in [1.82, 2.24) is 14.6 Å². The molecule has 0 unspecified atom stereocenters. The average molecular weight is 465 g/mol. The molecule has 9 heteroatoms. The topological polar surface area (TPSA) is 62.5 Å². The zero-order chi connectivity index (χ0) is 22.5. The van der Waals surface area contributed by atoms with Crippen LogP contribution >= 0.6 is 11.6 Å². The van der Waals surface area contributed by atoms with E-state index in [1.165, 1.54) is 10.5 Å². The number of hydrogen-bond donors (Lipinski definition) is 2. The summed E-state index contributed by atoms with van der Waals surface area (Å²) >= 11 is 6.45. The van der Waals surface area contributed by atoms with Crippen molar-refractivity contribution in [1.29, 1.82) is 0 Å². The lowest BCUT2D eigenvalue weighted by atomic mass is 9.93. The van der Waals surface area contributed by atoms with E-state index in [0.717, 1.165) is 38.5 Å². The fraction of sp³-hybridized carbons (Fsp3) is 0.478. The van der Waals surface area contributed by atoms with Gasteiger partial charge in [-0.15, -0.1) is 10.2 Å². The predicted molar refractivity (Wildman–Crippen MR) is 117 cm³/mol. The summed E-state index contributed by atoms with van der Waals surface area (Å²) in [5.74, 6) is 1.05. The molecule has 2 fully saturated rings. The van der Waals surface area contributed by atoms with Gasteiger partial charge in [0.2, 0.25) is 0 Å². The molecule has 0 amide bonds. The zero-order valence-corrected chi connectivity index (χ0v) is 18.1. The molecule has 170 valence electrons. The molecule has 0 spiro atoms. The first-order chi connectivity index (χ1) is 15.3. The van der Waals surface area contributed by atoms with Crippen LogP contribution in [0.5, 0.6) is 0 Å². The predicted octanol–water partition coefficient (Wildman–Crippen LogP) is 5.74. The molecule has 1 aromatic carbocycles. The number of pyridine rings is 1. The van der Waals surface area contributed by atoms with Crippen LogP contribution < -0.4 is 5.32 Å². The van der Waals surface area contributed by atoms with Crippen molar-refractivity contribution in [3.63, 3.8) is 0 Å². The molecule has 0 bridgehead atoms. The maximum atomic E-state index is 14.1. The van der Waals surface area contributed by atoms with Crippen LogP contribution in [0.15, 0.2) is 30.5 Å². The van der Waals surface area contributed by atoms with Crippen molar-refractivity contribution in [3.8, 4) is 11.1 Å². The first-order valence-corrected chi connectivity index (χ1v) is 11.4. The summed E-state index contributed by atoms with van der Waals surface area (Å²) in [5, 5.41) is 21.3. The highest BCUT2D eigenvalue weighted by molar-refractivity contribution is 6.33. The summed E-state index contributed by atoms with van der Waals surface area (Å²) in [6, 6.07) is 6.58. The molecule has 2 saturated carbocycles. The maximum absolute atomic E-state index is 14.1. The standard InChI is InChI=1S/C23H24ClF3N4O/c24-18-12-14(3-8-19(18)28-15-4-6-16(32)7-5-15)17-9-10-31-20(11-13-1-2-13)29-30-22(31)21(17)23(25,26)27/h3,8-10,12-13,15-16,28,32H,1-2,4-7,11H2/t15-,16-. The number of nitrogens with zero attached hydrogens (tertiary/aromatic N) is 3. The van der Waals surface area contributed by atoms with Crippen LogP contribution in [-0.2, 0) is 12.6 Å². The minimum atomic E-state index is -4.59. The van der Waals surface area contributed by atoms with Crippen molar-refractivity contribution < 1.29 is 18.3 Å². The number of fused-ring (bicyclic) bond motifs is 1. The Morgan fingerprint density at radius 3 is 2.47 bits per heavy atom. The quantitative estimate of drug-likeness (QED) is 0.505. The van der Waals surface area contributed by atoms with Crippen LogP contribution in [0, 0.1) is 5.92 Å². The van der Waals surface area contributed by atoms with Crippen molar-refractivity contribution in [2.24, 2.45) is 5.92 Å². The van der Waals surface area contributed by atoms with Gasteiger partial charge in [0, 0.05) is 18.7 Å². The summed E-state index contributed by atoms with van der Waals surface area (Å²) in [6.07, 6.45) is 2.67. The molecular formula is C23H24ClF3N4O. The third-order valence-corrected chi connectivity index (χ3v) is 6.75. The summed E-state index contributed by atoms with van der Waals surface area (Å²) in [4.78, 5) is 0. The second-order valence-corrected chi connectivity index (χ2v) is 9.31. The van der Waals surface area contributed by atoms with E-state index in [1.807, 2.05) is 0 Å². The van der Waals surface area contributed by atoms with Gasteiger partial charge < -0.3 is 10.4 Å². The molecule has 3 aromatic rings. The van der Waals surface area contributed by atoms with Crippen LogP contribution in [-0.4, -0.2) is 31.9 Å². The second-order valence-electron chi connectivity index (χ2n) is 8.90. The molecule has 0 aliphatic heterocycles. The number of hydrogen-bond acceptors (Lipinski definition) is 4. The highest BCUT2D eigenvalue weighted by atomic mass is 35.5. The van der Waals surface area contributed by atoms with E-state index < -0.39 is 11.7 Å². The summed E-state index contributed by atoms with van der Waals surface area (Å²) in [6.45, 7) is 0. The molecule has 2 aromatic heterocycles. The van der Waals surface area contributed by atoms with E-state index in [-0.39, 0.29) is 23.4 Å². The summed E-state index contributed by atoms with van der Waals surface area (Å²) in [5.41, 5.74) is 0.115. The molecule has 2 aliphatic rings. The fourth-order valence-electron chi connectivity index (χ4n) is 4.48. The van der Waals surface area contributed by atoms with Crippen LogP contribution in [0.1, 0.15) is 49.9 Å². The molecule has 0 radical (unpaired) electrons. The van der Waals surface area contributed by atoms with E-state index in [0.29, 0.717) is 34.4 Å². The van der Waals surface area contributed by atoms with Gasteiger partial charge in [-0.1, -0.05) is 17.7 Å². The number of anilines is 1. The first kappa shape index (κ1) is 21.5. The molecule has 5 nitrogen and oxygen atoms in total. The minimum Gasteiger partial charge on any atom is -0.393 e. The number of nitrogens with one attached hydrogen (secondary N) is 1. The molecule has 32 heavy (non-hydrogen) atoms. The van der Waals surface area contributed by atoms with Crippen molar-refractivity contribution >= 4 is 22.9 Å². The highest BCUT2D eigenvalue weighted by Crippen LogP contribution is 2.41. The number of aromatic nitrogens is 3. The number of benzene rings is 1. The Morgan fingerprint density at radius 2 is 1.81 bits per heavy atom. The zero-order valence-electron chi connectivity index (χ0n) is 17.4. The fourth-order valence-corrected chi connectivity index (χ4v) is 4.72. The molecule has 0 saturated heterocycles. The molecule has 2 heterocycles. The van der Waals surface area contributed by atoms with Crippen LogP contribution in [0.4, 0.5) is 18.9 Å². The van der Waals surface area contributed by atoms with Crippen LogP contribution in [0.2, 0.25) is 5.02 Å². The Balaban J connectivity index is 1.49. The maximum Gasteiger partial charge on any atom is 0.420 e. The summed E-state index contributed by atoms with van der Waals surface area (Å²) in [7, 11) is 0. The molecule has 2 aliphatic carbocycles. The third kappa shape index (κ3) is 4.30. The van der Waals surface area contributed by atoms with Gasteiger partial charge in [0.25, 0.3) is 0 Å². The van der Waals surface area contributed by atoms with Gasteiger partial charge in [0.05, 0.1) is 16.8 Å². The molecule has 5 rings (SSSR count). The lowest BCUT2D eigenvalue weighted by molar-refractivity contribution is -0.136. The molecule has 2 N–H and O–H groups in total. The Morgan fingerprint density at radius 1 is 1.06 bits per heavy atom. The second kappa shape index (κ2) is 8.23. The number of halogens is 4.